The number of aliphatic imine (C=N–C) groups is 1. The lowest BCUT2D eigenvalue weighted by Crippen LogP contribution is -2.44. The van der Waals surface area contributed by atoms with Gasteiger partial charge in [0.2, 0.25) is 0 Å². The summed E-state index contributed by atoms with van der Waals surface area (Å²) >= 11 is 0. The molecule has 1 atom stereocenters. The molecule has 0 bridgehead atoms. The van der Waals surface area contributed by atoms with Gasteiger partial charge in [0.15, 0.2) is 17.7 Å². The van der Waals surface area contributed by atoms with E-state index in [0.717, 1.165) is 61.3 Å². The Morgan fingerprint density at radius 3 is 2.87 bits per heavy atom. The van der Waals surface area contributed by atoms with Gasteiger partial charge >= 0.3 is 0 Å². The van der Waals surface area contributed by atoms with E-state index in [1.165, 1.54) is 5.56 Å². The van der Waals surface area contributed by atoms with E-state index >= 15 is 0 Å². The zero-order chi connectivity index (χ0) is 21.5. The van der Waals surface area contributed by atoms with Crippen molar-refractivity contribution in [3.63, 3.8) is 0 Å². The number of rotatable bonds is 8. The molecule has 3 heterocycles. The van der Waals surface area contributed by atoms with Crippen LogP contribution in [0.2, 0.25) is 0 Å². The molecule has 0 spiro atoms. The average Bonchev–Trinajstić information content (AvgIpc) is 3.37. The standard InChI is InChI=1S/C23H29N5O3/c1-29-18-10-9-17(15-20(18)30-2)7-5-11-24-21-16-22(28-13-4-3-12-25-28)27-23(26-21)19-8-6-14-31-19/h4,6,8-10,13-16,23-26H,3,5,7,11-12H2,1-2H3. The van der Waals surface area contributed by atoms with Crippen molar-refractivity contribution < 1.29 is 13.9 Å². The number of amidine groups is 1. The zero-order valence-electron chi connectivity index (χ0n) is 17.9. The molecule has 4 rings (SSSR count). The molecule has 0 aliphatic carbocycles. The minimum Gasteiger partial charge on any atom is -0.493 e. The van der Waals surface area contributed by atoms with Gasteiger partial charge in [0.05, 0.1) is 20.5 Å². The van der Waals surface area contributed by atoms with Crippen LogP contribution < -0.4 is 25.5 Å². The average molecular weight is 424 g/mol. The summed E-state index contributed by atoms with van der Waals surface area (Å²) < 4.78 is 16.3. The Bertz CT molecular complexity index is 952. The topological polar surface area (TPSA) is 83.3 Å². The van der Waals surface area contributed by atoms with Crippen LogP contribution in [0.4, 0.5) is 0 Å². The molecule has 0 amide bonds. The van der Waals surface area contributed by atoms with Crippen LogP contribution in [-0.2, 0) is 6.42 Å². The first-order valence-electron chi connectivity index (χ1n) is 10.5. The molecule has 31 heavy (non-hydrogen) atoms. The number of nitrogens with zero attached hydrogens (tertiary/aromatic N) is 2. The number of nitrogens with one attached hydrogen (secondary N) is 3. The second-order valence-electron chi connectivity index (χ2n) is 7.28. The van der Waals surface area contributed by atoms with E-state index < -0.39 is 0 Å². The molecule has 3 N–H and O–H groups in total. The van der Waals surface area contributed by atoms with E-state index in [4.69, 9.17) is 18.9 Å². The molecule has 8 nitrogen and oxygen atoms in total. The Kier molecular flexibility index (Phi) is 6.78. The lowest BCUT2D eigenvalue weighted by Gasteiger charge is -2.30. The normalized spacial score (nSPS) is 18.1. The van der Waals surface area contributed by atoms with Gasteiger partial charge in [0, 0.05) is 25.4 Å². The first-order chi connectivity index (χ1) is 15.3. The summed E-state index contributed by atoms with van der Waals surface area (Å²) in [7, 11) is 3.31. The van der Waals surface area contributed by atoms with Crippen LogP contribution >= 0.6 is 0 Å². The third kappa shape index (κ3) is 5.21. The van der Waals surface area contributed by atoms with E-state index in [9.17, 15) is 0 Å². The Morgan fingerprint density at radius 2 is 2.13 bits per heavy atom. The number of benzene rings is 1. The summed E-state index contributed by atoms with van der Waals surface area (Å²) in [6, 6.07) is 9.86. The highest BCUT2D eigenvalue weighted by atomic mass is 16.5. The summed E-state index contributed by atoms with van der Waals surface area (Å²) in [5.41, 5.74) is 4.56. The molecule has 1 aromatic heterocycles. The van der Waals surface area contributed by atoms with Gasteiger partial charge < -0.3 is 24.5 Å². The highest BCUT2D eigenvalue weighted by Gasteiger charge is 2.22. The fourth-order valence-corrected chi connectivity index (χ4v) is 3.55. The maximum absolute atomic E-state index is 5.58. The van der Waals surface area contributed by atoms with Crippen molar-refractivity contribution in [1.82, 2.24) is 21.1 Å². The van der Waals surface area contributed by atoms with Crippen LogP contribution in [0.5, 0.6) is 11.5 Å². The Hall–Kier alpha value is -3.39. The number of hydrogen-bond acceptors (Lipinski definition) is 8. The van der Waals surface area contributed by atoms with Gasteiger partial charge in [-0.1, -0.05) is 12.1 Å². The zero-order valence-corrected chi connectivity index (χ0v) is 17.9. The Labute approximate surface area is 182 Å². The van der Waals surface area contributed by atoms with Crippen LogP contribution in [0.15, 0.2) is 70.2 Å². The van der Waals surface area contributed by atoms with E-state index in [0.29, 0.717) is 0 Å². The van der Waals surface area contributed by atoms with E-state index in [2.05, 4.69) is 28.2 Å². The van der Waals surface area contributed by atoms with Crippen molar-refractivity contribution in [2.24, 2.45) is 4.99 Å². The summed E-state index contributed by atoms with van der Waals surface area (Å²) in [6.07, 6.45) is 10.5. The molecule has 2 aliphatic heterocycles. The molecule has 0 radical (unpaired) electrons. The first kappa shape index (κ1) is 20.9. The number of hydrazine groups is 1. The second-order valence-corrected chi connectivity index (χ2v) is 7.28. The summed E-state index contributed by atoms with van der Waals surface area (Å²) in [5.74, 6) is 4.03. The molecule has 2 aromatic rings. The fraction of sp³-hybridized carbons (Fsp3) is 0.348. The van der Waals surface area contributed by atoms with Crippen LogP contribution in [0.25, 0.3) is 0 Å². The number of hydrogen-bond donors (Lipinski definition) is 3. The van der Waals surface area contributed by atoms with E-state index in [1.54, 1.807) is 20.5 Å². The van der Waals surface area contributed by atoms with Crippen LogP contribution in [0, 0.1) is 0 Å². The SMILES string of the molecule is COc1ccc(CCCNC2=CC(N3C=CCCN3)=NC(c3ccco3)N2)cc1OC. The maximum Gasteiger partial charge on any atom is 0.180 e. The minimum atomic E-state index is -0.277. The van der Waals surface area contributed by atoms with Gasteiger partial charge in [-0.25, -0.2) is 10.4 Å². The first-order valence-corrected chi connectivity index (χ1v) is 10.5. The number of aryl methyl sites for hydroxylation is 1. The second kappa shape index (κ2) is 10.1. The molecular weight excluding hydrogens is 394 g/mol. The lowest BCUT2D eigenvalue weighted by molar-refractivity contribution is 0.354. The third-order valence-electron chi connectivity index (χ3n) is 5.14. The lowest BCUT2D eigenvalue weighted by atomic mass is 10.1. The number of ether oxygens (including phenoxy) is 2. The van der Waals surface area contributed by atoms with E-state index in [-0.39, 0.29) is 6.17 Å². The molecule has 2 aliphatic rings. The summed E-state index contributed by atoms with van der Waals surface area (Å²) in [4.78, 5) is 4.79. The number of methoxy groups -OCH3 is 2. The molecule has 8 heteroatoms. The van der Waals surface area contributed by atoms with Crippen molar-refractivity contribution in [1.29, 1.82) is 0 Å². The Balaban J connectivity index is 1.38. The van der Waals surface area contributed by atoms with Crippen molar-refractivity contribution in [3.8, 4) is 11.5 Å². The van der Waals surface area contributed by atoms with Crippen LogP contribution in [0.3, 0.4) is 0 Å². The van der Waals surface area contributed by atoms with E-state index in [1.807, 2.05) is 41.6 Å². The van der Waals surface area contributed by atoms with Crippen molar-refractivity contribution in [2.75, 3.05) is 27.3 Å². The minimum absolute atomic E-state index is 0.277. The van der Waals surface area contributed by atoms with Crippen LogP contribution in [0.1, 0.15) is 30.3 Å². The van der Waals surface area contributed by atoms with Gasteiger partial charge in [0.1, 0.15) is 17.4 Å². The quantitative estimate of drug-likeness (QED) is 0.563. The van der Waals surface area contributed by atoms with Crippen molar-refractivity contribution in [3.05, 3.63) is 72.1 Å². The van der Waals surface area contributed by atoms with Crippen molar-refractivity contribution >= 4 is 5.84 Å². The highest BCUT2D eigenvalue weighted by molar-refractivity contribution is 5.94. The maximum atomic E-state index is 5.58. The fourth-order valence-electron chi connectivity index (χ4n) is 3.55. The van der Waals surface area contributed by atoms with Gasteiger partial charge in [-0.15, -0.1) is 0 Å². The highest BCUT2D eigenvalue weighted by Crippen LogP contribution is 2.28. The summed E-state index contributed by atoms with van der Waals surface area (Å²) in [6.45, 7) is 1.70. The van der Waals surface area contributed by atoms with Gasteiger partial charge in [-0.2, -0.15) is 0 Å². The molecular formula is C23H29N5O3. The Morgan fingerprint density at radius 1 is 1.23 bits per heavy atom. The molecule has 1 unspecified atom stereocenters. The van der Waals surface area contributed by atoms with Crippen molar-refractivity contribution in [2.45, 2.75) is 25.4 Å². The molecule has 0 saturated heterocycles. The smallest absolute Gasteiger partial charge is 0.180 e. The largest absolute Gasteiger partial charge is 0.493 e. The number of furan rings is 1. The van der Waals surface area contributed by atoms with Crippen LogP contribution in [-0.4, -0.2) is 38.2 Å². The van der Waals surface area contributed by atoms with Gasteiger partial charge in [-0.3, -0.25) is 5.01 Å². The van der Waals surface area contributed by atoms with Gasteiger partial charge in [-0.05, 0) is 49.1 Å². The molecule has 164 valence electrons. The molecule has 1 aromatic carbocycles. The predicted octanol–water partition coefficient (Wildman–Crippen LogP) is 3.08. The molecule has 0 saturated carbocycles. The monoisotopic (exact) mass is 423 g/mol. The summed E-state index contributed by atoms with van der Waals surface area (Å²) in [5, 5.41) is 8.86. The van der Waals surface area contributed by atoms with Gasteiger partial charge in [0.25, 0.3) is 0 Å². The third-order valence-corrected chi connectivity index (χ3v) is 5.14. The predicted molar refractivity (Wildman–Crippen MR) is 120 cm³/mol. The molecule has 0 fully saturated rings.